The maximum atomic E-state index is 13.2. The number of urea groups is 1. The first-order valence-corrected chi connectivity index (χ1v) is 11.2. The molecule has 0 saturated carbocycles. The van der Waals surface area contributed by atoms with Crippen molar-refractivity contribution < 1.29 is 33.3 Å². The van der Waals surface area contributed by atoms with Crippen molar-refractivity contribution in [2.24, 2.45) is 0 Å². The maximum Gasteiger partial charge on any atom is 0.339 e. The number of benzene rings is 2. The summed E-state index contributed by atoms with van der Waals surface area (Å²) in [6.45, 7) is 1.50. The van der Waals surface area contributed by atoms with Crippen LogP contribution in [0.3, 0.4) is 0 Å². The number of carbonyl (C=O) groups excluding carboxylic acids is 3. The van der Waals surface area contributed by atoms with Crippen LogP contribution in [-0.4, -0.2) is 56.9 Å². The Bertz CT molecular complexity index is 1370. The second-order valence-corrected chi connectivity index (χ2v) is 7.70. The van der Waals surface area contributed by atoms with Crippen LogP contribution in [0.25, 0.3) is 22.2 Å². The Morgan fingerprint density at radius 2 is 1.75 bits per heavy atom. The summed E-state index contributed by atoms with van der Waals surface area (Å²) in [5.41, 5.74) is 2.48. The fourth-order valence-electron chi connectivity index (χ4n) is 3.77. The molecule has 0 fully saturated rings. The lowest BCUT2D eigenvalue weighted by Gasteiger charge is -2.21. The minimum absolute atomic E-state index is 0.0286. The van der Waals surface area contributed by atoms with Crippen molar-refractivity contribution in [1.29, 1.82) is 0 Å². The van der Waals surface area contributed by atoms with E-state index in [9.17, 15) is 14.4 Å². The molecule has 2 heterocycles. The van der Waals surface area contributed by atoms with Gasteiger partial charge in [0.25, 0.3) is 0 Å². The van der Waals surface area contributed by atoms with Crippen LogP contribution in [0.15, 0.2) is 59.8 Å². The number of carbonyl (C=O) groups is 3. The fraction of sp³-hybridized carbons (Fsp3) is 0.231. The summed E-state index contributed by atoms with van der Waals surface area (Å²) in [5.74, 6) is -0.148. The van der Waals surface area contributed by atoms with Crippen LogP contribution >= 0.6 is 0 Å². The van der Waals surface area contributed by atoms with Crippen molar-refractivity contribution in [3.05, 3.63) is 65.4 Å². The number of pyridine rings is 1. The van der Waals surface area contributed by atoms with Crippen LogP contribution in [0, 0.1) is 0 Å². The monoisotopic (exact) mass is 491 g/mol. The molecule has 0 saturated heterocycles. The van der Waals surface area contributed by atoms with E-state index >= 15 is 0 Å². The highest BCUT2D eigenvalue weighted by atomic mass is 16.5. The lowest BCUT2D eigenvalue weighted by Crippen LogP contribution is -2.45. The van der Waals surface area contributed by atoms with Gasteiger partial charge in [-0.3, -0.25) is 0 Å². The van der Waals surface area contributed by atoms with E-state index in [0.717, 1.165) is 0 Å². The third kappa shape index (κ3) is 5.07. The first kappa shape index (κ1) is 24.5. The van der Waals surface area contributed by atoms with Crippen molar-refractivity contribution in [3.8, 4) is 22.8 Å². The van der Waals surface area contributed by atoms with Gasteiger partial charge in [-0.25, -0.2) is 19.4 Å². The highest BCUT2D eigenvalue weighted by Gasteiger charge is 2.25. The number of esters is 2. The molecule has 0 unspecified atom stereocenters. The van der Waals surface area contributed by atoms with Crippen LogP contribution in [0.5, 0.6) is 11.5 Å². The number of aromatic nitrogens is 1. The van der Waals surface area contributed by atoms with E-state index in [-0.39, 0.29) is 36.6 Å². The summed E-state index contributed by atoms with van der Waals surface area (Å²) in [5, 5.41) is 5.63. The zero-order valence-corrected chi connectivity index (χ0v) is 20.0. The number of hydrogen-bond acceptors (Lipinski definition) is 8. The molecular formula is C26H25N3O7. The number of fused-ring (bicyclic) bond motifs is 1. The quantitative estimate of drug-likeness (QED) is 0.460. The zero-order valence-electron chi connectivity index (χ0n) is 20.0. The van der Waals surface area contributed by atoms with E-state index in [2.05, 4.69) is 10.6 Å². The number of nitrogens with zero attached hydrogens (tertiary/aromatic N) is 1. The van der Waals surface area contributed by atoms with Crippen LogP contribution in [0.2, 0.25) is 0 Å². The molecule has 1 aliphatic heterocycles. The number of para-hydroxylation sites is 1. The first-order valence-electron chi connectivity index (χ1n) is 11.2. The summed E-state index contributed by atoms with van der Waals surface area (Å²) >= 11 is 0. The Balaban J connectivity index is 1.68. The molecule has 2 amide bonds. The van der Waals surface area contributed by atoms with Crippen molar-refractivity contribution in [2.45, 2.75) is 6.92 Å². The molecule has 1 aromatic heterocycles. The summed E-state index contributed by atoms with van der Waals surface area (Å²) in [7, 11) is 3.09. The third-order valence-electron chi connectivity index (χ3n) is 5.54. The molecule has 186 valence electrons. The lowest BCUT2D eigenvalue weighted by atomic mass is 10.0. The molecule has 1 aliphatic rings. The average Bonchev–Trinajstić information content (AvgIpc) is 2.90. The van der Waals surface area contributed by atoms with E-state index in [1.165, 1.54) is 7.11 Å². The number of hydrogen-bond donors (Lipinski definition) is 2. The molecule has 0 spiro atoms. The van der Waals surface area contributed by atoms with Gasteiger partial charge in [-0.05, 0) is 37.3 Å². The Hall–Kier alpha value is -4.60. The molecule has 0 atom stereocenters. The summed E-state index contributed by atoms with van der Waals surface area (Å²) in [4.78, 5) is 42.0. The van der Waals surface area contributed by atoms with E-state index in [0.29, 0.717) is 33.7 Å². The van der Waals surface area contributed by atoms with Gasteiger partial charge in [0.05, 0.1) is 55.4 Å². The Morgan fingerprint density at radius 3 is 2.50 bits per heavy atom. The Morgan fingerprint density at radius 1 is 0.972 bits per heavy atom. The van der Waals surface area contributed by atoms with Gasteiger partial charge in [-0.1, -0.05) is 18.2 Å². The van der Waals surface area contributed by atoms with Crippen molar-refractivity contribution >= 4 is 28.9 Å². The molecule has 0 radical (unpaired) electrons. The van der Waals surface area contributed by atoms with E-state index in [4.69, 9.17) is 23.9 Å². The number of nitrogens with one attached hydrogen (secondary N) is 2. The molecule has 2 aromatic carbocycles. The molecular weight excluding hydrogens is 466 g/mol. The molecule has 0 aliphatic carbocycles. The van der Waals surface area contributed by atoms with Gasteiger partial charge < -0.3 is 29.6 Å². The van der Waals surface area contributed by atoms with Crippen LogP contribution in [-0.2, 0) is 14.3 Å². The highest BCUT2D eigenvalue weighted by Crippen LogP contribution is 2.33. The van der Waals surface area contributed by atoms with Gasteiger partial charge in [0.15, 0.2) is 11.5 Å². The predicted octanol–water partition coefficient (Wildman–Crippen LogP) is 3.21. The SMILES string of the molecule is CCOC(=O)C1=C(COC(=O)c2cc(-c3ccc(OC)c(OC)c3)nc3ccccc23)NC(=O)NC1. The van der Waals surface area contributed by atoms with Crippen molar-refractivity contribution in [1.82, 2.24) is 15.6 Å². The van der Waals surface area contributed by atoms with E-state index in [1.807, 2.05) is 12.1 Å². The number of amides is 2. The molecule has 3 aromatic rings. The van der Waals surface area contributed by atoms with Crippen LogP contribution in [0.4, 0.5) is 4.79 Å². The predicted molar refractivity (Wildman–Crippen MR) is 131 cm³/mol. The molecule has 0 bridgehead atoms. The number of methoxy groups -OCH3 is 2. The van der Waals surface area contributed by atoms with E-state index in [1.54, 1.807) is 50.4 Å². The van der Waals surface area contributed by atoms with Crippen molar-refractivity contribution in [3.63, 3.8) is 0 Å². The number of ether oxygens (including phenoxy) is 4. The molecule has 10 nitrogen and oxygen atoms in total. The largest absolute Gasteiger partial charge is 0.493 e. The van der Waals surface area contributed by atoms with Gasteiger partial charge in [0.2, 0.25) is 0 Å². The summed E-state index contributed by atoms with van der Waals surface area (Å²) < 4.78 is 21.3. The Labute approximate surface area is 207 Å². The molecule has 10 heteroatoms. The standard InChI is InChI=1S/C26H25N3O7/c1-4-35-25(31)18-13-27-26(32)29-21(18)14-36-24(30)17-12-20(28-19-8-6-5-7-16(17)19)15-9-10-22(33-2)23(11-15)34-3/h5-12H,4,13-14H2,1-3H3,(H2,27,29,32). The first-order chi connectivity index (χ1) is 17.4. The summed E-state index contributed by atoms with van der Waals surface area (Å²) in [6, 6.07) is 13.7. The minimum Gasteiger partial charge on any atom is -0.493 e. The highest BCUT2D eigenvalue weighted by molar-refractivity contribution is 6.04. The second-order valence-electron chi connectivity index (χ2n) is 7.70. The van der Waals surface area contributed by atoms with Gasteiger partial charge in [0.1, 0.15) is 6.61 Å². The minimum atomic E-state index is -0.640. The fourth-order valence-corrected chi connectivity index (χ4v) is 3.77. The van der Waals surface area contributed by atoms with Gasteiger partial charge in [-0.2, -0.15) is 0 Å². The number of rotatable bonds is 8. The van der Waals surface area contributed by atoms with Crippen molar-refractivity contribution in [2.75, 3.05) is 34.0 Å². The average molecular weight is 492 g/mol. The second kappa shape index (κ2) is 10.8. The normalized spacial score (nSPS) is 13.0. The van der Waals surface area contributed by atoms with Crippen LogP contribution < -0.4 is 20.1 Å². The van der Waals surface area contributed by atoms with Crippen LogP contribution in [0.1, 0.15) is 17.3 Å². The third-order valence-corrected chi connectivity index (χ3v) is 5.54. The van der Waals surface area contributed by atoms with E-state index < -0.39 is 18.0 Å². The summed E-state index contributed by atoms with van der Waals surface area (Å²) in [6.07, 6.45) is 0. The molecule has 2 N–H and O–H groups in total. The molecule has 4 rings (SSSR count). The maximum absolute atomic E-state index is 13.2. The van der Waals surface area contributed by atoms with Gasteiger partial charge in [-0.15, -0.1) is 0 Å². The lowest BCUT2D eigenvalue weighted by molar-refractivity contribution is -0.138. The Kier molecular flexibility index (Phi) is 7.33. The smallest absolute Gasteiger partial charge is 0.339 e. The van der Waals surface area contributed by atoms with Gasteiger partial charge in [0, 0.05) is 10.9 Å². The topological polar surface area (TPSA) is 125 Å². The van der Waals surface area contributed by atoms with Gasteiger partial charge >= 0.3 is 18.0 Å². The zero-order chi connectivity index (χ0) is 25.7. The molecule has 36 heavy (non-hydrogen) atoms.